The summed E-state index contributed by atoms with van der Waals surface area (Å²) in [6, 6.07) is 11.2. The molecule has 3 atom stereocenters. The molecule has 1 aromatic heterocycles. The highest BCUT2D eigenvalue weighted by Gasteiger charge is 2.52. The van der Waals surface area contributed by atoms with Crippen LogP contribution < -0.4 is 15.5 Å². The van der Waals surface area contributed by atoms with Crippen molar-refractivity contribution in [2.24, 2.45) is 5.16 Å². The van der Waals surface area contributed by atoms with Crippen LogP contribution in [0.4, 0.5) is 8.78 Å². The molecule has 1 N–H and O–H groups in total. The molecule has 0 unspecified atom stereocenters. The van der Waals surface area contributed by atoms with Gasteiger partial charge in [-0.1, -0.05) is 47.6 Å². The molecule has 2 aromatic carbocycles. The van der Waals surface area contributed by atoms with E-state index in [4.69, 9.17) is 9.57 Å². The van der Waals surface area contributed by atoms with E-state index < -0.39 is 40.5 Å². The Kier molecular flexibility index (Phi) is 7.17. The number of carbonyl (C=O) groups is 2. The van der Waals surface area contributed by atoms with Gasteiger partial charge in [0.15, 0.2) is 17.0 Å². The minimum atomic E-state index is -1.01. The van der Waals surface area contributed by atoms with Gasteiger partial charge in [-0.15, -0.1) is 0 Å². The number of aromatic nitrogens is 1. The van der Waals surface area contributed by atoms with E-state index in [-0.39, 0.29) is 48.3 Å². The highest BCUT2D eigenvalue weighted by Crippen LogP contribution is 2.44. The Morgan fingerprint density at radius 1 is 1.21 bits per heavy atom. The van der Waals surface area contributed by atoms with Crippen LogP contribution in [0.5, 0.6) is 5.75 Å². The summed E-state index contributed by atoms with van der Waals surface area (Å²) in [5.41, 5.74) is -1.32. The zero-order valence-corrected chi connectivity index (χ0v) is 23.9. The highest BCUT2D eigenvalue weighted by atomic mass is 79.9. The fourth-order valence-electron chi connectivity index (χ4n) is 5.47. The van der Waals surface area contributed by atoms with Crippen molar-refractivity contribution in [3.05, 3.63) is 111 Å². The summed E-state index contributed by atoms with van der Waals surface area (Å²) in [5.74, 6) is -3.10. The van der Waals surface area contributed by atoms with Gasteiger partial charge in [0, 0.05) is 43.4 Å². The number of pyridine rings is 1. The molecular weight excluding hydrogens is 614 g/mol. The molecule has 6 rings (SSSR count). The van der Waals surface area contributed by atoms with Crippen LogP contribution in [0.2, 0.25) is 0 Å². The molecule has 12 heteroatoms. The predicted octanol–water partition coefficient (Wildman–Crippen LogP) is 4.46. The number of amides is 2. The summed E-state index contributed by atoms with van der Waals surface area (Å²) in [7, 11) is 0. The second-order valence-corrected chi connectivity index (χ2v) is 11.3. The number of halogens is 3. The molecule has 3 aliphatic heterocycles. The quantitative estimate of drug-likeness (QED) is 0.402. The molecule has 0 radical (unpaired) electrons. The summed E-state index contributed by atoms with van der Waals surface area (Å²) in [5, 5.41) is 6.64. The number of carbonyl (C=O) groups excluding carboxylic acids is 2. The number of hydrogen-bond acceptors (Lipinski definition) is 6. The lowest BCUT2D eigenvalue weighted by Gasteiger charge is -2.42. The number of nitrogens with zero attached hydrogens (tertiary/aromatic N) is 3. The summed E-state index contributed by atoms with van der Waals surface area (Å²) in [6.45, 7) is 1.76. The molecule has 9 nitrogen and oxygen atoms in total. The van der Waals surface area contributed by atoms with Crippen molar-refractivity contribution in [3.8, 4) is 5.75 Å². The predicted molar refractivity (Wildman–Crippen MR) is 152 cm³/mol. The topological polar surface area (TPSA) is 102 Å². The Morgan fingerprint density at radius 3 is 2.71 bits per heavy atom. The fraction of sp³-hybridized carbons (Fsp3) is 0.267. The van der Waals surface area contributed by atoms with E-state index in [9.17, 15) is 23.2 Å². The van der Waals surface area contributed by atoms with Crippen LogP contribution in [-0.4, -0.2) is 44.1 Å². The van der Waals surface area contributed by atoms with Crippen LogP contribution in [0.1, 0.15) is 51.4 Å². The third-order valence-corrected chi connectivity index (χ3v) is 8.16. The van der Waals surface area contributed by atoms with E-state index in [0.29, 0.717) is 17.1 Å². The second kappa shape index (κ2) is 10.8. The standard InChI is InChI=1S/C30H25BrF2N4O5/c1-17-9-10-30(12-24(31)35-42-30)23-15-36(17)29(40)25-27(41-16-18-5-3-2-4-6-18)26(38)21(14-37(23)25)28(39)34-13-19-7-8-20(32)11-22(19)33/h2-11,14,17,23H,12-13,15-16H2,1H3,(H,34,39)/t17-,23+,30-/m0/s1. The van der Waals surface area contributed by atoms with Gasteiger partial charge in [-0.2, -0.15) is 0 Å². The summed E-state index contributed by atoms with van der Waals surface area (Å²) in [4.78, 5) is 48.7. The van der Waals surface area contributed by atoms with E-state index in [2.05, 4.69) is 26.4 Å². The molecule has 2 amide bonds. The normalized spacial score (nSPS) is 22.3. The van der Waals surface area contributed by atoms with E-state index >= 15 is 0 Å². The second-order valence-electron chi connectivity index (χ2n) is 10.4. The highest BCUT2D eigenvalue weighted by molar-refractivity contribution is 9.18. The van der Waals surface area contributed by atoms with E-state index in [1.54, 1.807) is 9.47 Å². The van der Waals surface area contributed by atoms with Crippen molar-refractivity contribution < 1.29 is 27.9 Å². The number of fused-ring (bicyclic) bond motifs is 5. The van der Waals surface area contributed by atoms with Crippen molar-refractivity contribution in [2.45, 2.75) is 44.2 Å². The van der Waals surface area contributed by atoms with Gasteiger partial charge in [-0.3, -0.25) is 14.4 Å². The first-order chi connectivity index (χ1) is 20.2. The third kappa shape index (κ3) is 4.89. The van der Waals surface area contributed by atoms with Crippen LogP contribution in [0, 0.1) is 11.6 Å². The molecule has 2 bridgehead atoms. The van der Waals surface area contributed by atoms with Crippen LogP contribution in [-0.2, 0) is 18.0 Å². The van der Waals surface area contributed by atoms with Crippen molar-refractivity contribution in [3.63, 3.8) is 0 Å². The Labute approximate surface area is 247 Å². The lowest BCUT2D eigenvalue weighted by atomic mass is 9.89. The fourth-order valence-corrected chi connectivity index (χ4v) is 5.98. The maximum Gasteiger partial charge on any atom is 0.275 e. The molecule has 0 aliphatic carbocycles. The molecule has 0 saturated carbocycles. The first-order valence-electron chi connectivity index (χ1n) is 13.3. The zero-order valence-electron chi connectivity index (χ0n) is 22.4. The average molecular weight is 639 g/mol. The average Bonchev–Trinajstić information content (AvgIpc) is 3.31. The van der Waals surface area contributed by atoms with Crippen molar-refractivity contribution in [1.82, 2.24) is 14.8 Å². The van der Waals surface area contributed by atoms with Crippen molar-refractivity contribution in [2.75, 3.05) is 6.54 Å². The summed E-state index contributed by atoms with van der Waals surface area (Å²) >= 11 is 3.41. The van der Waals surface area contributed by atoms with Gasteiger partial charge in [-0.05, 0) is 40.6 Å². The molecule has 216 valence electrons. The van der Waals surface area contributed by atoms with Gasteiger partial charge in [0.2, 0.25) is 5.43 Å². The van der Waals surface area contributed by atoms with Gasteiger partial charge in [0.05, 0.1) is 6.04 Å². The lowest BCUT2D eigenvalue weighted by molar-refractivity contribution is -0.0317. The Hall–Kier alpha value is -4.32. The number of benzene rings is 2. The van der Waals surface area contributed by atoms with Crippen molar-refractivity contribution >= 4 is 32.4 Å². The number of hydrogen-bond donors (Lipinski definition) is 1. The smallest absolute Gasteiger partial charge is 0.275 e. The Balaban J connectivity index is 1.45. The van der Waals surface area contributed by atoms with E-state index in [1.165, 1.54) is 12.3 Å². The Morgan fingerprint density at radius 2 is 2.00 bits per heavy atom. The molecule has 3 aliphatic rings. The monoisotopic (exact) mass is 638 g/mol. The largest absolute Gasteiger partial charge is 0.483 e. The van der Waals surface area contributed by atoms with Crippen LogP contribution in [0.25, 0.3) is 0 Å². The zero-order chi connectivity index (χ0) is 29.6. The van der Waals surface area contributed by atoms with Gasteiger partial charge in [-0.25, -0.2) is 8.78 Å². The van der Waals surface area contributed by atoms with Gasteiger partial charge < -0.3 is 24.4 Å². The van der Waals surface area contributed by atoms with E-state index in [0.717, 1.165) is 11.6 Å². The van der Waals surface area contributed by atoms with Gasteiger partial charge >= 0.3 is 0 Å². The van der Waals surface area contributed by atoms with Gasteiger partial charge in [0.25, 0.3) is 11.8 Å². The number of oxime groups is 1. The van der Waals surface area contributed by atoms with Gasteiger partial charge in [0.1, 0.15) is 28.4 Å². The van der Waals surface area contributed by atoms with E-state index in [1.807, 2.05) is 49.4 Å². The molecule has 3 aromatic rings. The van der Waals surface area contributed by atoms with Crippen LogP contribution in [0.3, 0.4) is 0 Å². The first kappa shape index (κ1) is 27.8. The maximum atomic E-state index is 14.2. The molecule has 0 fully saturated rings. The number of rotatable bonds is 6. The first-order valence-corrected chi connectivity index (χ1v) is 14.0. The minimum absolute atomic E-state index is 0.00476. The number of nitrogens with one attached hydrogen (secondary N) is 1. The molecule has 42 heavy (non-hydrogen) atoms. The minimum Gasteiger partial charge on any atom is -0.483 e. The number of ether oxygens (including phenoxy) is 1. The maximum absolute atomic E-state index is 14.2. The van der Waals surface area contributed by atoms with Crippen LogP contribution >= 0.6 is 15.9 Å². The van der Waals surface area contributed by atoms with Crippen molar-refractivity contribution in [1.29, 1.82) is 0 Å². The summed E-state index contributed by atoms with van der Waals surface area (Å²) < 4.78 is 35.8. The van der Waals surface area contributed by atoms with Crippen LogP contribution in [0.15, 0.2) is 76.8 Å². The summed E-state index contributed by atoms with van der Waals surface area (Å²) in [6.07, 6.45) is 5.41. The molecule has 0 saturated heterocycles. The molecular formula is C30H25BrF2N4O5. The Bertz CT molecular complexity index is 1710. The third-order valence-electron chi connectivity index (χ3n) is 7.74. The molecule has 1 spiro atoms. The molecule has 4 heterocycles. The SMILES string of the molecule is C[C@H]1C=C[C@]2(CC(Br)=NO2)[C@H]2CN1C(=O)c1c(OCc3ccccc3)c(=O)c(C(=O)NCc3ccc(F)cc3F)cn12. The lowest BCUT2D eigenvalue weighted by Crippen LogP contribution is -2.53.